The van der Waals surface area contributed by atoms with Crippen LogP contribution in [0.15, 0.2) is 0 Å². The van der Waals surface area contributed by atoms with E-state index in [-0.39, 0.29) is 79.4 Å². The van der Waals surface area contributed by atoms with Crippen LogP contribution >= 0.6 is 0 Å². The molecule has 0 amide bonds. The van der Waals surface area contributed by atoms with Gasteiger partial charge in [-0.3, -0.25) is 0 Å². The van der Waals surface area contributed by atoms with Gasteiger partial charge in [-0.1, -0.05) is 0 Å². The molecule has 6 nitrogen and oxygen atoms in total. The molecule has 11 heteroatoms. The molecular weight excluding hydrogens is 514 g/mol. The normalized spacial score (nSPS) is 4.73. The Bertz CT molecular complexity index is 86.6. The summed E-state index contributed by atoms with van der Waals surface area (Å²) in [4.78, 5) is 0. The summed E-state index contributed by atoms with van der Waals surface area (Å²) in [5, 5.41) is 0. The van der Waals surface area contributed by atoms with Crippen LogP contribution in [0.2, 0.25) is 0 Å². The van der Waals surface area contributed by atoms with Crippen molar-refractivity contribution >= 4 is 50.4 Å². The molecule has 0 aromatic rings. The van der Waals surface area contributed by atoms with E-state index in [0.717, 1.165) is 0 Å². The van der Waals surface area contributed by atoms with E-state index >= 15 is 0 Å². The molecule has 0 aliphatic carbocycles. The maximum absolute atomic E-state index is 8.58. The molecule has 0 aromatic carbocycles. The van der Waals surface area contributed by atoms with Crippen molar-refractivity contribution < 1.29 is 87.7 Å². The molecule has 0 aliphatic rings. The Balaban J connectivity index is -0.00000000800. The van der Waals surface area contributed by atoms with Gasteiger partial charge in [0.05, 0.1) is 0 Å². The third kappa shape index (κ3) is 149. The predicted molar refractivity (Wildman–Crippen MR) is 15.1 cm³/mol. The summed E-state index contributed by atoms with van der Waals surface area (Å²) >= 11 is -8.17. The summed E-state index contributed by atoms with van der Waals surface area (Å²) < 4.78 is 51.5. The van der Waals surface area contributed by atoms with Gasteiger partial charge >= 0.3 is 108 Å². The van der Waals surface area contributed by atoms with Gasteiger partial charge in [0.15, 0.2) is 0 Å². The average Bonchev–Trinajstić information content (AvgIpc) is 1.25. The molecule has 4 radical (unpaired) electrons. The van der Waals surface area contributed by atoms with Gasteiger partial charge in [-0.15, -0.1) is 0 Å². The Morgan fingerprint density at radius 1 is 0.909 bits per heavy atom. The Hall–Kier alpha value is 3.44. The number of hydrogen-bond acceptors (Lipinski definition) is 6. The first-order valence-electron chi connectivity index (χ1n) is 1.22. The van der Waals surface area contributed by atoms with Gasteiger partial charge in [0.25, 0.3) is 0 Å². The standard InChI is InChI=1S/Mg.6O.Pb.2Ti.Zr.2H/q+2;;;4*-1;;;;+4;2*-1. The second-order valence-corrected chi connectivity index (χ2v) is 2.06. The van der Waals surface area contributed by atoms with Crippen LogP contribution in [0.25, 0.3) is 0 Å². The van der Waals surface area contributed by atoms with Crippen molar-refractivity contribution in [2.45, 2.75) is 0 Å². The smallest absolute Gasteiger partial charge is 0 e. The van der Waals surface area contributed by atoms with Gasteiger partial charge in [-0.25, -0.2) is 0 Å². The second-order valence-electron chi connectivity index (χ2n) is 0.500. The summed E-state index contributed by atoms with van der Waals surface area (Å²) in [6.07, 6.45) is 0. The van der Waals surface area contributed by atoms with Crippen LogP contribution in [0, 0.1) is 0 Å². The number of hydrogen-bond donors (Lipinski definition) is 0. The van der Waals surface area contributed by atoms with Crippen LogP contribution in [0.3, 0.4) is 0 Å². The molecule has 56 valence electrons. The summed E-state index contributed by atoms with van der Waals surface area (Å²) in [5.41, 5.74) is 0. The van der Waals surface area contributed by atoms with Gasteiger partial charge in [0.1, 0.15) is 0 Å². The third-order valence-electron chi connectivity index (χ3n) is 0. The van der Waals surface area contributed by atoms with Crippen molar-refractivity contribution in [2.75, 3.05) is 0 Å². The summed E-state index contributed by atoms with van der Waals surface area (Å²) in [7, 11) is 0. The molecule has 0 rings (SSSR count). The van der Waals surface area contributed by atoms with Gasteiger partial charge in [0, 0.05) is 27.3 Å². The summed E-state index contributed by atoms with van der Waals surface area (Å²) in [5.74, 6) is 0. The first kappa shape index (κ1) is 29.3. The Morgan fingerprint density at radius 3 is 0.909 bits per heavy atom. The number of rotatable bonds is 0. The van der Waals surface area contributed by atoms with Crippen LogP contribution in [-0.2, 0) is 70.1 Å². The van der Waals surface area contributed by atoms with Crippen molar-refractivity contribution in [3.05, 3.63) is 0 Å². The van der Waals surface area contributed by atoms with Crippen LogP contribution < -0.4 is 14.8 Å². The molecule has 0 fully saturated rings. The SMILES string of the molecule is [H-].[H-].[Mg+2].[O]=[Ti]([O-])[O-].[O]=[Ti]([O-])[O-].[Pb].[Zr+4]. The Morgan fingerprint density at radius 2 is 0.909 bits per heavy atom. The zero-order valence-corrected chi connectivity index (χ0v) is 16.0. The van der Waals surface area contributed by atoms with Crippen LogP contribution in [-0.4, -0.2) is 50.4 Å². The minimum atomic E-state index is -4.08. The van der Waals surface area contributed by atoms with Crippen molar-refractivity contribution in [1.82, 2.24) is 0 Å². The zero-order valence-electron chi connectivity index (χ0n) is 7.16. The summed E-state index contributed by atoms with van der Waals surface area (Å²) in [6.45, 7) is 0. The van der Waals surface area contributed by atoms with Crippen LogP contribution in [0.4, 0.5) is 0 Å². The van der Waals surface area contributed by atoms with E-state index in [1.165, 1.54) is 0 Å². The molecule has 0 spiro atoms. The molecule has 11 heavy (non-hydrogen) atoms. The van der Waals surface area contributed by atoms with E-state index < -0.39 is 37.2 Å². The monoisotopic (exact) mass is 516 g/mol. The molecule has 0 bridgehead atoms. The molecule has 0 unspecified atom stereocenters. The maximum Gasteiger partial charge on any atom is 4.00 e. The first-order chi connectivity index (χ1) is 3.46. The van der Waals surface area contributed by atoms with Gasteiger partial charge < -0.3 is 2.85 Å². The van der Waals surface area contributed by atoms with Gasteiger partial charge in [-0.2, -0.15) is 0 Å². The van der Waals surface area contributed by atoms with E-state index in [1.54, 1.807) is 0 Å². The predicted octanol–water partition coefficient (Wildman–Crippen LogP) is -5.54. The molecule has 0 aromatic heterocycles. The van der Waals surface area contributed by atoms with E-state index in [2.05, 4.69) is 0 Å². The average molecular weight is 516 g/mol. The van der Waals surface area contributed by atoms with Crippen molar-refractivity contribution in [3.8, 4) is 0 Å². The fourth-order valence-corrected chi connectivity index (χ4v) is 0. The third-order valence-corrected chi connectivity index (χ3v) is 0. The van der Waals surface area contributed by atoms with E-state index in [4.69, 9.17) is 21.4 Å². The largest absolute Gasteiger partial charge is 4.00 e. The fourth-order valence-electron chi connectivity index (χ4n) is 0. The van der Waals surface area contributed by atoms with Gasteiger partial charge in [0.2, 0.25) is 0 Å². The van der Waals surface area contributed by atoms with Crippen molar-refractivity contribution in [3.63, 3.8) is 0 Å². The zero-order chi connectivity index (χ0) is 7.15. The maximum atomic E-state index is 8.58. The minimum Gasteiger partial charge on any atom is 0 e. The van der Waals surface area contributed by atoms with E-state index in [1.807, 2.05) is 0 Å². The van der Waals surface area contributed by atoms with Crippen molar-refractivity contribution in [1.29, 1.82) is 0 Å². The van der Waals surface area contributed by atoms with E-state index in [0.29, 0.717) is 0 Å². The minimum absolute atomic E-state index is 0. The second kappa shape index (κ2) is 23.3. The molecule has 0 saturated heterocycles. The summed E-state index contributed by atoms with van der Waals surface area (Å²) in [6, 6.07) is 0. The fraction of sp³-hybridized carbons (Fsp3) is 0. The Labute approximate surface area is 135 Å². The molecule has 0 heterocycles. The first-order valence-corrected chi connectivity index (χ1v) is 5.05. The van der Waals surface area contributed by atoms with Crippen LogP contribution in [0.5, 0.6) is 0 Å². The van der Waals surface area contributed by atoms with E-state index in [9.17, 15) is 0 Å². The van der Waals surface area contributed by atoms with Gasteiger partial charge in [-0.05, 0) is 0 Å². The molecule has 0 saturated carbocycles. The molecule has 0 atom stereocenters. The van der Waals surface area contributed by atoms with Crippen molar-refractivity contribution in [2.24, 2.45) is 0 Å². The molecule has 0 aliphatic heterocycles. The molecule has 0 N–H and O–H groups in total. The quantitative estimate of drug-likeness (QED) is 0.296. The van der Waals surface area contributed by atoms with Crippen LogP contribution in [0.1, 0.15) is 2.85 Å². The molecular formula is H2MgO6PbTi2Zr. The topological polar surface area (TPSA) is 126 Å². The Kier molecular flexibility index (Phi) is 62.1.